The maximum absolute atomic E-state index is 13.2. The number of fused-ring (bicyclic) bond motifs is 2. The normalized spacial score (nSPS) is 11.4. The summed E-state index contributed by atoms with van der Waals surface area (Å²) in [4.78, 5) is 13.2. The molecule has 5 aromatic rings. The first-order chi connectivity index (χ1) is 16.4. The largest absolute Gasteiger partial charge is 0.511 e. The van der Waals surface area contributed by atoms with Gasteiger partial charge in [-0.3, -0.25) is 4.79 Å². The Balaban J connectivity index is 1.69. The van der Waals surface area contributed by atoms with Crippen LogP contribution in [0.25, 0.3) is 21.7 Å². The average Bonchev–Trinajstić information content (AvgIpc) is 3.07. The van der Waals surface area contributed by atoms with E-state index in [2.05, 4.69) is 6.58 Å². The van der Waals surface area contributed by atoms with Crippen molar-refractivity contribution in [2.45, 2.75) is 26.4 Å². The lowest BCUT2D eigenvalue weighted by atomic mass is 10.0. The SMILES string of the molecule is C=C(O)Cn1c(C)c(Cc2nn(Cc3ccccc3)c(=O)c3ccccc23)c2cc(Cl)ccc21. The van der Waals surface area contributed by atoms with Crippen molar-refractivity contribution < 1.29 is 5.11 Å². The molecule has 0 amide bonds. The van der Waals surface area contributed by atoms with Crippen LogP contribution in [0.5, 0.6) is 0 Å². The molecular formula is C28H24ClN3O2. The molecule has 2 heterocycles. The number of nitrogens with zero attached hydrogens (tertiary/aromatic N) is 3. The third-order valence-electron chi connectivity index (χ3n) is 6.22. The van der Waals surface area contributed by atoms with E-state index in [1.807, 2.05) is 84.3 Å². The van der Waals surface area contributed by atoms with Gasteiger partial charge < -0.3 is 9.67 Å². The Morgan fingerprint density at radius 3 is 2.44 bits per heavy atom. The Hall–Kier alpha value is -3.83. The second-order valence-corrected chi connectivity index (χ2v) is 8.93. The van der Waals surface area contributed by atoms with Crippen molar-refractivity contribution in [1.82, 2.24) is 14.3 Å². The number of rotatable bonds is 6. The first-order valence-electron chi connectivity index (χ1n) is 11.1. The lowest BCUT2D eigenvalue weighted by molar-refractivity contribution is 0.379. The molecule has 0 saturated carbocycles. The van der Waals surface area contributed by atoms with E-state index in [1.54, 1.807) is 4.68 Å². The zero-order valence-corrected chi connectivity index (χ0v) is 19.6. The molecule has 2 aromatic heterocycles. The zero-order chi connectivity index (χ0) is 23.8. The van der Waals surface area contributed by atoms with Crippen LogP contribution in [-0.4, -0.2) is 19.5 Å². The van der Waals surface area contributed by atoms with Crippen molar-refractivity contribution in [3.05, 3.63) is 123 Å². The summed E-state index contributed by atoms with van der Waals surface area (Å²) in [5.74, 6) is 0.0847. The van der Waals surface area contributed by atoms with Gasteiger partial charge >= 0.3 is 0 Å². The van der Waals surface area contributed by atoms with Crippen LogP contribution in [0.2, 0.25) is 5.02 Å². The van der Waals surface area contributed by atoms with Gasteiger partial charge in [0, 0.05) is 33.4 Å². The summed E-state index contributed by atoms with van der Waals surface area (Å²) < 4.78 is 3.58. The number of aliphatic hydroxyl groups is 1. The summed E-state index contributed by atoms with van der Waals surface area (Å²) in [6.07, 6.45) is 0.517. The molecule has 0 bridgehead atoms. The molecule has 0 radical (unpaired) electrons. The van der Waals surface area contributed by atoms with E-state index in [-0.39, 0.29) is 11.3 Å². The maximum Gasteiger partial charge on any atom is 0.274 e. The molecule has 34 heavy (non-hydrogen) atoms. The smallest absolute Gasteiger partial charge is 0.274 e. The Morgan fingerprint density at radius 2 is 1.71 bits per heavy atom. The van der Waals surface area contributed by atoms with Crippen LogP contribution in [0.3, 0.4) is 0 Å². The lowest BCUT2D eigenvalue weighted by Gasteiger charge is -2.12. The first-order valence-corrected chi connectivity index (χ1v) is 11.5. The van der Waals surface area contributed by atoms with Gasteiger partial charge in [0.1, 0.15) is 5.76 Å². The summed E-state index contributed by atoms with van der Waals surface area (Å²) >= 11 is 6.36. The number of halogens is 1. The summed E-state index contributed by atoms with van der Waals surface area (Å²) in [5.41, 5.74) is 4.74. The van der Waals surface area contributed by atoms with E-state index < -0.39 is 0 Å². The molecule has 5 nitrogen and oxygen atoms in total. The molecule has 5 rings (SSSR count). The van der Waals surface area contributed by atoms with E-state index >= 15 is 0 Å². The van der Waals surface area contributed by atoms with Crippen LogP contribution in [0.15, 0.2) is 89.9 Å². The van der Waals surface area contributed by atoms with Gasteiger partial charge in [0.2, 0.25) is 0 Å². The van der Waals surface area contributed by atoms with Gasteiger partial charge in [-0.1, -0.05) is 66.7 Å². The fourth-order valence-corrected chi connectivity index (χ4v) is 4.77. The predicted octanol–water partition coefficient (Wildman–Crippen LogP) is 6.02. The number of hydrogen-bond donors (Lipinski definition) is 1. The molecule has 1 N–H and O–H groups in total. The second-order valence-electron chi connectivity index (χ2n) is 8.50. The van der Waals surface area contributed by atoms with Crippen molar-refractivity contribution >= 4 is 33.3 Å². The van der Waals surface area contributed by atoms with Crippen LogP contribution < -0.4 is 5.56 Å². The second kappa shape index (κ2) is 8.84. The molecule has 0 aliphatic rings. The molecule has 0 saturated heterocycles. The third-order valence-corrected chi connectivity index (χ3v) is 6.46. The van der Waals surface area contributed by atoms with E-state index in [0.717, 1.165) is 38.8 Å². The quantitative estimate of drug-likeness (QED) is 0.309. The van der Waals surface area contributed by atoms with Gasteiger partial charge in [0.25, 0.3) is 5.56 Å². The average molecular weight is 470 g/mol. The van der Waals surface area contributed by atoms with E-state index in [9.17, 15) is 9.90 Å². The first kappa shape index (κ1) is 22.0. The predicted molar refractivity (Wildman–Crippen MR) is 138 cm³/mol. The molecule has 0 aliphatic heterocycles. The number of allylic oxidation sites excluding steroid dienone is 1. The highest BCUT2D eigenvalue weighted by molar-refractivity contribution is 6.31. The minimum atomic E-state index is -0.109. The standard InChI is InChI=1S/C28H24ClN3O2/c1-18(33)16-31-19(2)24(25-14-21(29)12-13-27(25)31)15-26-22-10-6-7-11-23(22)28(34)32(30-26)17-20-8-4-3-5-9-20/h3-14,33H,1,15-17H2,2H3. The Morgan fingerprint density at radius 1 is 1.00 bits per heavy atom. The molecule has 0 aliphatic carbocycles. The summed E-state index contributed by atoms with van der Waals surface area (Å²) in [6.45, 7) is 6.39. The van der Waals surface area contributed by atoms with E-state index in [1.165, 1.54) is 0 Å². The molecular weight excluding hydrogens is 446 g/mol. The lowest BCUT2D eigenvalue weighted by Crippen LogP contribution is -2.25. The minimum absolute atomic E-state index is 0.0847. The van der Waals surface area contributed by atoms with Gasteiger partial charge in [0.05, 0.1) is 24.2 Å². The number of aliphatic hydroxyl groups excluding tert-OH is 1. The molecule has 0 spiro atoms. The molecule has 0 unspecified atom stereocenters. The van der Waals surface area contributed by atoms with Crippen LogP contribution in [0, 0.1) is 6.92 Å². The van der Waals surface area contributed by atoms with Crippen molar-refractivity contribution in [1.29, 1.82) is 0 Å². The van der Waals surface area contributed by atoms with Gasteiger partial charge in [-0.15, -0.1) is 0 Å². The van der Waals surface area contributed by atoms with Crippen LogP contribution in [0.1, 0.15) is 22.5 Å². The van der Waals surface area contributed by atoms with E-state index in [0.29, 0.717) is 29.9 Å². The van der Waals surface area contributed by atoms with Crippen LogP contribution >= 0.6 is 11.6 Å². The number of hydrogen-bond acceptors (Lipinski definition) is 3. The number of aromatic nitrogens is 3. The minimum Gasteiger partial charge on any atom is -0.511 e. The monoisotopic (exact) mass is 469 g/mol. The fourth-order valence-electron chi connectivity index (χ4n) is 4.60. The van der Waals surface area contributed by atoms with Crippen LogP contribution in [-0.2, 0) is 19.5 Å². The summed E-state index contributed by atoms with van der Waals surface area (Å²) in [6, 6.07) is 23.2. The van der Waals surface area contributed by atoms with Crippen LogP contribution in [0.4, 0.5) is 0 Å². The van der Waals surface area contributed by atoms with Gasteiger partial charge in [-0.2, -0.15) is 5.10 Å². The number of benzene rings is 3. The highest BCUT2D eigenvalue weighted by atomic mass is 35.5. The van der Waals surface area contributed by atoms with Crippen molar-refractivity contribution in [3.8, 4) is 0 Å². The zero-order valence-electron chi connectivity index (χ0n) is 18.8. The highest BCUT2D eigenvalue weighted by Crippen LogP contribution is 2.31. The third kappa shape index (κ3) is 3.99. The fraction of sp³-hybridized carbons (Fsp3) is 0.143. The summed E-state index contributed by atoms with van der Waals surface area (Å²) in [5, 5.41) is 17.8. The Kier molecular flexibility index (Phi) is 5.72. The van der Waals surface area contributed by atoms with Gasteiger partial charge in [-0.25, -0.2) is 4.68 Å². The molecule has 0 fully saturated rings. The maximum atomic E-state index is 13.2. The Labute approximate surface area is 202 Å². The summed E-state index contributed by atoms with van der Waals surface area (Å²) in [7, 11) is 0. The topological polar surface area (TPSA) is 60.0 Å². The van der Waals surface area contributed by atoms with Gasteiger partial charge in [-0.05, 0) is 42.3 Å². The highest BCUT2D eigenvalue weighted by Gasteiger charge is 2.18. The Bertz CT molecular complexity index is 1600. The van der Waals surface area contributed by atoms with Crippen molar-refractivity contribution in [3.63, 3.8) is 0 Å². The molecule has 6 heteroatoms. The van der Waals surface area contributed by atoms with Crippen molar-refractivity contribution in [2.75, 3.05) is 0 Å². The van der Waals surface area contributed by atoms with E-state index in [4.69, 9.17) is 16.7 Å². The van der Waals surface area contributed by atoms with Crippen molar-refractivity contribution in [2.24, 2.45) is 0 Å². The molecule has 0 atom stereocenters. The molecule has 3 aromatic carbocycles. The molecule has 170 valence electrons. The van der Waals surface area contributed by atoms with Gasteiger partial charge in [0.15, 0.2) is 0 Å².